The third-order valence-electron chi connectivity index (χ3n) is 4.02. The Morgan fingerprint density at radius 3 is 2.38 bits per heavy atom. The predicted molar refractivity (Wildman–Crippen MR) is 99.3 cm³/mol. The number of hydrogen-bond acceptors (Lipinski definition) is 3. The first-order valence-corrected chi connectivity index (χ1v) is 8.26. The van der Waals surface area contributed by atoms with Gasteiger partial charge in [0.05, 0.1) is 17.8 Å². The predicted octanol–water partition coefficient (Wildman–Crippen LogP) is 3.37. The van der Waals surface area contributed by atoms with Crippen LogP contribution >= 0.6 is 0 Å². The molecular formula is C20H17N5O. The normalized spacial score (nSPS) is 10.6. The van der Waals surface area contributed by atoms with Crippen LogP contribution in [0, 0.1) is 0 Å². The zero-order chi connectivity index (χ0) is 17.8. The van der Waals surface area contributed by atoms with Crippen molar-refractivity contribution in [2.75, 3.05) is 5.32 Å². The van der Waals surface area contributed by atoms with Gasteiger partial charge in [0.15, 0.2) is 0 Å². The number of carbonyl (C=O) groups excluding carboxylic acids is 1. The summed E-state index contributed by atoms with van der Waals surface area (Å²) in [7, 11) is 0. The molecule has 0 unspecified atom stereocenters. The van der Waals surface area contributed by atoms with E-state index in [4.69, 9.17) is 0 Å². The van der Waals surface area contributed by atoms with E-state index in [1.54, 1.807) is 23.1 Å². The van der Waals surface area contributed by atoms with Crippen LogP contribution in [-0.2, 0) is 6.54 Å². The molecule has 4 aromatic rings. The lowest BCUT2D eigenvalue weighted by Crippen LogP contribution is -2.15. The van der Waals surface area contributed by atoms with Crippen LogP contribution < -0.4 is 5.32 Å². The monoisotopic (exact) mass is 343 g/mol. The van der Waals surface area contributed by atoms with E-state index >= 15 is 0 Å². The number of para-hydroxylation sites is 1. The number of aromatic nitrogens is 4. The second-order valence-electron chi connectivity index (χ2n) is 5.82. The Morgan fingerprint density at radius 2 is 1.65 bits per heavy atom. The molecule has 0 bridgehead atoms. The molecule has 0 aliphatic carbocycles. The van der Waals surface area contributed by atoms with Crippen molar-refractivity contribution in [2.45, 2.75) is 6.54 Å². The molecule has 0 spiro atoms. The van der Waals surface area contributed by atoms with Gasteiger partial charge in [0.25, 0.3) is 5.91 Å². The lowest BCUT2D eigenvalue weighted by Gasteiger charge is -2.11. The number of rotatable bonds is 5. The van der Waals surface area contributed by atoms with Crippen LogP contribution in [0.4, 0.5) is 5.69 Å². The molecule has 0 saturated carbocycles. The fraction of sp³-hybridized carbons (Fsp3) is 0.0500. The molecule has 0 radical (unpaired) electrons. The summed E-state index contributed by atoms with van der Waals surface area (Å²) in [6.07, 6.45) is 7.18. The van der Waals surface area contributed by atoms with E-state index in [0.29, 0.717) is 12.1 Å². The van der Waals surface area contributed by atoms with Crippen molar-refractivity contribution in [1.29, 1.82) is 0 Å². The molecule has 0 fully saturated rings. The van der Waals surface area contributed by atoms with Gasteiger partial charge in [0.1, 0.15) is 0 Å². The van der Waals surface area contributed by atoms with Gasteiger partial charge in [-0.1, -0.05) is 24.3 Å². The fourth-order valence-corrected chi connectivity index (χ4v) is 2.75. The summed E-state index contributed by atoms with van der Waals surface area (Å²) >= 11 is 0. The minimum Gasteiger partial charge on any atom is -0.322 e. The van der Waals surface area contributed by atoms with Crippen molar-refractivity contribution in [3.63, 3.8) is 0 Å². The van der Waals surface area contributed by atoms with Crippen molar-refractivity contribution < 1.29 is 4.79 Å². The zero-order valence-electron chi connectivity index (χ0n) is 14.0. The summed E-state index contributed by atoms with van der Waals surface area (Å²) < 4.78 is 3.54. The van der Waals surface area contributed by atoms with Crippen molar-refractivity contribution >= 4 is 11.6 Å². The minimum atomic E-state index is -0.170. The first-order valence-electron chi connectivity index (χ1n) is 8.26. The van der Waals surface area contributed by atoms with Crippen LogP contribution in [-0.4, -0.2) is 25.5 Å². The van der Waals surface area contributed by atoms with Crippen molar-refractivity contribution in [3.05, 3.63) is 96.6 Å². The highest BCUT2D eigenvalue weighted by atomic mass is 16.1. The van der Waals surface area contributed by atoms with Crippen molar-refractivity contribution in [3.8, 4) is 5.69 Å². The van der Waals surface area contributed by atoms with Gasteiger partial charge in [-0.3, -0.25) is 9.48 Å². The maximum Gasteiger partial charge on any atom is 0.257 e. The second kappa shape index (κ2) is 7.06. The van der Waals surface area contributed by atoms with Crippen LogP contribution in [0.3, 0.4) is 0 Å². The van der Waals surface area contributed by atoms with E-state index in [-0.39, 0.29) is 5.91 Å². The Kier molecular flexibility index (Phi) is 4.30. The van der Waals surface area contributed by atoms with Gasteiger partial charge in [0.2, 0.25) is 0 Å². The highest BCUT2D eigenvalue weighted by Crippen LogP contribution is 2.17. The molecule has 0 saturated heterocycles. The molecule has 26 heavy (non-hydrogen) atoms. The summed E-state index contributed by atoms with van der Waals surface area (Å²) in [6.45, 7) is 0.698. The van der Waals surface area contributed by atoms with Gasteiger partial charge in [-0.15, -0.1) is 0 Å². The molecule has 1 N–H and O–H groups in total. The molecular weight excluding hydrogens is 326 g/mol. The number of hydrogen-bond donors (Lipinski definition) is 1. The molecule has 2 heterocycles. The maximum atomic E-state index is 12.7. The smallest absolute Gasteiger partial charge is 0.257 e. The Hall–Kier alpha value is -3.67. The van der Waals surface area contributed by atoms with Gasteiger partial charge < -0.3 is 5.32 Å². The largest absolute Gasteiger partial charge is 0.322 e. The Bertz CT molecular complexity index is 989. The molecule has 2 aromatic heterocycles. The second-order valence-corrected chi connectivity index (χ2v) is 5.82. The Balaban J connectivity index is 1.50. The van der Waals surface area contributed by atoms with Crippen molar-refractivity contribution in [2.24, 2.45) is 0 Å². The molecule has 4 rings (SSSR count). The fourth-order valence-electron chi connectivity index (χ4n) is 2.75. The Labute approximate surface area is 150 Å². The third-order valence-corrected chi connectivity index (χ3v) is 4.02. The number of benzene rings is 2. The third kappa shape index (κ3) is 3.39. The van der Waals surface area contributed by atoms with E-state index in [2.05, 4.69) is 15.5 Å². The Morgan fingerprint density at radius 1 is 0.885 bits per heavy atom. The van der Waals surface area contributed by atoms with Crippen LogP contribution in [0.25, 0.3) is 5.69 Å². The highest BCUT2D eigenvalue weighted by molar-refractivity contribution is 6.06. The average Bonchev–Trinajstić information content (AvgIpc) is 3.37. The van der Waals surface area contributed by atoms with E-state index in [9.17, 15) is 4.79 Å². The molecule has 6 heteroatoms. The summed E-state index contributed by atoms with van der Waals surface area (Å²) in [6, 6.07) is 18.9. The van der Waals surface area contributed by atoms with Gasteiger partial charge in [0, 0.05) is 30.5 Å². The van der Waals surface area contributed by atoms with Crippen LogP contribution in [0.1, 0.15) is 15.9 Å². The average molecular weight is 343 g/mol. The highest BCUT2D eigenvalue weighted by Gasteiger charge is 2.12. The molecule has 1 amide bonds. The standard InChI is InChI=1S/C20H17N5O/c26-20(18-5-1-2-6-19(18)25-14-4-12-22-25)23-17-9-7-16(8-10-17)15-24-13-3-11-21-24/h1-14H,15H2,(H,23,26). The van der Waals surface area contributed by atoms with E-state index in [1.807, 2.05) is 71.7 Å². The number of nitrogens with zero attached hydrogens (tertiary/aromatic N) is 4. The van der Waals surface area contributed by atoms with E-state index in [1.165, 1.54) is 0 Å². The van der Waals surface area contributed by atoms with Crippen LogP contribution in [0.2, 0.25) is 0 Å². The summed E-state index contributed by atoms with van der Waals surface area (Å²) in [5.74, 6) is -0.170. The summed E-state index contributed by atoms with van der Waals surface area (Å²) in [5, 5.41) is 11.4. The maximum absolute atomic E-state index is 12.7. The quantitative estimate of drug-likeness (QED) is 0.604. The minimum absolute atomic E-state index is 0.170. The summed E-state index contributed by atoms with van der Waals surface area (Å²) in [4.78, 5) is 12.7. The van der Waals surface area contributed by atoms with Gasteiger partial charge in [-0.05, 0) is 42.0 Å². The molecule has 2 aromatic carbocycles. The molecule has 0 aliphatic rings. The summed E-state index contributed by atoms with van der Waals surface area (Å²) in [5.41, 5.74) is 3.17. The van der Waals surface area contributed by atoms with Gasteiger partial charge in [-0.25, -0.2) is 4.68 Å². The SMILES string of the molecule is O=C(Nc1ccc(Cn2cccn2)cc1)c1ccccc1-n1cccn1. The van der Waals surface area contributed by atoms with Crippen molar-refractivity contribution in [1.82, 2.24) is 19.6 Å². The molecule has 6 nitrogen and oxygen atoms in total. The van der Waals surface area contributed by atoms with Gasteiger partial charge in [-0.2, -0.15) is 10.2 Å². The van der Waals surface area contributed by atoms with Crippen LogP contribution in [0.5, 0.6) is 0 Å². The zero-order valence-corrected chi connectivity index (χ0v) is 14.0. The number of nitrogens with one attached hydrogen (secondary N) is 1. The molecule has 0 aliphatic heterocycles. The first kappa shape index (κ1) is 15.8. The van der Waals surface area contributed by atoms with E-state index < -0.39 is 0 Å². The number of carbonyl (C=O) groups is 1. The number of anilines is 1. The molecule has 128 valence electrons. The first-order chi connectivity index (χ1) is 12.8. The lowest BCUT2D eigenvalue weighted by molar-refractivity contribution is 0.102. The van der Waals surface area contributed by atoms with E-state index in [0.717, 1.165) is 16.9 Å². The topological polar surface area (TPSA) is 64.7 Å². The van der Waals surface area contributed by atoms with Gasteiger partial charge >= 0.3 is 0 Å². The van der Waals surface area contributed by atoms with Crippen LogP contribution in [0.15, 0.2) is 85.5 Å². The molecule has 0 atom stereocenters. The number of amides is 1. The lowest BCUT2D eigenvalue weighted by atomic mass is 10.1.